The van der Waals surface area contributed by atoms with Crippen LogP contribution in [0.25, 0.3) is 10.9 Å². The van der Waals surface area contributed by atoms with Crippen molar-refractivity contribution in [3.05, 3.63) is 30.0 Å². The van der Waals surface area contributed by atoms with Crippen molar-refractivity contribution in [1.29, 1.82) is 0 Å². The highest BCUT2D eigenvalue weighted by atomic mass is 16.5. The van der Waals surface area contributed by atoms with Gasteiger partial charge in [-0.25, -0.2) is 0 Å². The van der Waals surface area contributed by atoms with E-state index in [0.29, 0.717) is 12.1 Å². The normalized spacial score (nSPS) is 23.9. The smallest absolute Gasteiger partial charge is 0.0688 e. The molecular formula is C14H18N2O. The van der Waals surface area contributed by atoms with E-state index in [4.69, 9.17) is 4.74 Å². The number of nitrogens with zero attached hydrogens (tertiary/aromatic N) is 2. The summed E-state index contributed by atoms with van der Waals surface area (Å²) in [5.74, 6) is 0. The van der Waals surface area contributed by atoms with E-state index in [1.165, 1.54) is 16.5 Å². The molecule has 0 unspecified atom stereocenters. The molecule has 2 aromatic rings. The monoisotopic (exact) mass is 230 g/mol. The maximum absolute atomic E-state index is 5.33. The molecular weight excluding hydrogens is 212 g/mol. The summed E-state index contributed by atoms with van der Waals surface area (Å²) < 4.78 is 7.50. The molecule has 0 spiro atoms. The molecule has 0 aliphatic heterocycles. The third kappa shape index (κ3) is 1.75. The maximum Gasteiger partial charge on any atom is 0.0688 e. The lowest BCUT2D eigenvalue weighted by molar-refractivity contribution is 0.00387. The fourth-order valence-corrected chi connectivity index (χ4v) is 2.52. The summed E-state index contributed by atoms with van der Waals surface area (Å²) in [5.41, 5.74) is 2.64. The molecule has 0 bridgehead atoms. The first-order valence-electron chi connectivity index (χ1n) is 6.30. The quantitative estimate of drug-likeness (QED) is 0.810. The van der Waals surface area contributed by atoms with E-state index in [0.717, 1.165) is 19.3 Å². The molecule has 1 aliphatic carbocycles. The van der Waals surface area contributed by atoms with Crippen LogP contribution in [0.2, 0.25) is 0 Å². The van der Waals surface area contributed by atoms with Gasteiger partial charge in [-0.2, -0.15) is 5.10 Å². The Morgan fingerprint density at radius 2 is 2.24 bits per heavy atom. The zero-order valence-electron chi connectivity index (χ0n) is 10.4. The Balaban J connectivity index is 1.94. The molecule has 0 radical (unpaired) electrons. The third-order valence-corrected chi connectivity index (χ3v) is 3.82. The summed E-state index contributed by atoms with van der Waals surface area (Å²) in [4.78, 5) is 0. The van der Waals surface area contributed by atoms with Gasteiger partial charge in [-0.3, -0.25) is 4.68 Å². The van der Waals surface area contributed by atoms with Crippen LogP contribution < -0.4 is 0 Å². The highest BCUT2D eigenvalue weighted by molar-refractivity contribution is 5.79. The fraction of sp³-hybridized carbons (Fsp3) is 0.500. The van der Waals surface area contributed by atoms with Crippen LogP contribution in [-0.4, -0.2) is 23.0 Å². The van der Waals surface area contributed by atoms with E-state index in [2.05, 4.69) is 34.9 Å². The highest BCUT2D eigenvalue weighted by Crippen LogP contribution is 2.35. The lowest BCUT2D eigenvalue weighted by Gasteiger charge is -2.34. The predicted molar refractivity (Wildman–Crippen MR) is 68.2 cm³/mol. The summed E-state index contributed by atoms with van der Waals surface area (Å²) in [6.45, 7) is 2.19. The molecule has 0 saturated heterocycles. The second kappa shape index (κ2) is 4.15. The number of hydrogen-bond donors (Lipinski definition) is 0. The van der Waals surface area contributed by atoms with Crippen molar-refractivity contribution in [2.24, 2.45) is 0 Å². The van der Waals surface area contributed by atoms with Crippen LogP contribution in [0.15, 0.2) is 24.4 Å². The SMILES string of the molecule is CCc1ccc2cnn(C3CC(OC)C3)c2c1. The molecule has 1 aliphatic rings. The second-order valence-electron chi connectivity index (χ2n) is 4.82. The van der Waals surface area contributed by atoms with Crippen molar-refractivity contribution in [2.75, 3.05) is 7.11 Å². The Labute approximate surface area is 101 Å². The zero-order valence-corrected chi connectivity index (χ0v) is 10.4. The van der Waals surface area contributed by atoms with Gasteiger partial charge in [0.15, 0.2) is 0 Å². The topological polar surface area (TPSA) is 27.1 Å². The molecule has 17 heavy (non-hydrogen) atoms. The van der Waals surface area contributed by atoms with Gasteiger partial charge in [0.05, 0.1) is 23.9 Å². The first-order valence-corrected chi connectivity index (χ1v) is 6.30. The largest absolute Gasteiger partial charge is 0.381 e. The molecule has 0 amide bonds. The summed E-state index contributed by atoms with van der Waals surface area (Å²) in [5, 5.41) is 5.76. The minimum Gasteiger partial charge on any atom is -0.381 e. The van der Waals surface area contributed by atoms with Gasteiger partial charge in [-0.05, 0) is 30.9 Å². The van der Waals surface area contributed by atoms with Gasteiger partial charge in [0.25, 0.3) is 0 Å². The molecule has 90 valence electrons. The Morgan fingerprint density at radius 3 is 2.94 bits per heavy atom. The molecule has 3 nitrogen and oxygen atoms in total. The Kier molecular flexibility index (Phi) is 2.63. The van der Waals surface area contributed by atoms with Crippen LogP contribution >= 0.6 is 0 Å². The third-order valence-electron chi connectivity index (χ3n) is 3.82. The van der Waals surface area contributed by atoms with Gasteiger partial charge in [-0.15, -0.1) is 0 Å². The minimum absolute atomic E-state index is 0.425. The van der Waals surface area contributed by atoms with E-state index in [1.807, 2.05) is 6.20 Å². The van der Waals surface area contributed by atoms with Crippen molar-refractivity contribution in [3.63, 3.8) is 0 Å². The minimum atomic E-state index is 0.425. The summed E-state index contributed by atoms with van der Waals surface area (Å²) in [7, 11) is 1.79. The molecule has 0 N–H and O–H groups in total. The van der Waals surface area contributed by atoms with Gasteiger partial charge in [-0.1, -0.05) is 19.1 Å². The summed E-state index contributed by atoms with van der Waals surface area (Å²) >= 11 is 0. The number of rotatable bonds is 3. The van der Waals surface area contributed by atoms with Crippen LogP contribution in [0.3, 0.4) is 0 Å². The molecule has 1 aromatic carbocycles. The van der Waals surface area contributed by atoms with Gasteiger partial charge in [0.1, 0.15) is 0 Å². The maximum atomic E-state index is 5.33. The molecule has 1 fully saturated rings. The van der Waals surface area contributed by atoms with E-state index >= 15 is 0 Å². The Hall–Kier alpha value is -1.35. The van der Waals surface area contributed by atoms with E-state index < -0.39 is 0 Å². The van der Waals surface area contributed by atoms with Gasteiger partial charge < -0.3 is 4.74 Å². The molecule has 3 rings (SSSR count). The predicted octanol–water partition coefficient (Wildman–Crippen LogP) is 2.95. The van der Waals surface area contributed by atoms with Crippen LogP contribution in [0, 0.1) is 0 Å². The van der Waals surface area contributed by atoms with Crippen molar-refractivity contribution >= 4 is 10.9 Å². The number of fused-ring (bicyclic) bond motifs is 1. The van der Waals surface area contributed by atoms with E-state index in [9.17, 15) is 0 Å². The second-order valence-corrected chi connectivity index (χ2v) is 4.82. The van der Waals surface area contributed by atoms with Crippen molar-refractivity contribution < 1.29 is 4.74 Å². The number of benzene rings is 1. The van der Waals surface area contributed by atoms with Crippen molar-refractivity contribution in [3.8, 4) is 0 Å². The first-order chi connectivity index (χ1) is 8.31. The zero-order chi connectivity index (χ0) is 11.8. The molecule has 1 aromatic heterocycles. The van der Waals surface area contributed by atoms with Crippen LogP contribution in [0.5, 0.6) is 0 Å². The molecule has 3 heteroatoms. The number of methoxy groups -OCH3 is 1. The summed E-state index contributed by atoms with van der Waals surface area (Å²) in [6.07, 6.45) is 5.64. The molecule has 0 atom stereocenters. The standard InChI is InChI=1S/C14H18N2O/c1-3-10-4-5-11-9-15-16(14(11)6-10)12-7-13(8-12)17-2/h4-6,9,12-13H,3,7-8H2,1-2H3. The first kappa shape index (κ1) is 10.8. The van der Waals surface area contributed by atoms with Crippen molar-refractivity contribution in [1.82, 2.24) is 9.78 Å². The van der Waals surface area contributed by atoms with Crippen LogP contribution in [-0.2, 0) is 11.2 Å². The van der Waals surface area contributed by atoms with Gasteiger partial charge >= 0.3 is 0 Å². The lowest BCUT2D eigenvalue weighted by atomic mass is 9.89. The average molecular weight is 230 g/mol. The Bertz CT molecular complexity index is 526. The molecule has 1 saturated carbocycles. The fourth-order valence-electron chi connectivity index (χ4n) is 2.52. The van der Waals surface area contributed by atoms with Crippen LogP contribution in [0.4, 0.5) is 0 Å². The highest BCUT2D eigenvalue weighted by Gasteiger charge is 2.31. The van der Waals surface area contributed by atoms with E-state index in [-0.39, 0.29) is 0 Å². The van der Waals surface area contributed by atoms with Crippen LogP contribution in [0.1, 0.15) is 31.4 Å². The lowest BCUT2D eigenvalue weighted by Crippen LogP contribution is -2.32. The molecule has 1 heterocycles. The van der Waals surface area contributed by atoms with E-state index in [1.54, 1.807) is 7.11 Å². The number of aryl methyl sites for hydroxylation is 1. The Morgan fingerprint density at radius 1 is 1.41 bits per heavy atom. The number of ether oxygens (including phenoxy) is 1. The van der Waals surface area contributed by atoms with Gasteiger partial charge in [0, 0.05) is 12.5 Å². The number of aromatic nitrogens is 2. The number of hydrogen-bond acceptors (Lipinski definition) is 2. The average Bonchev–Trinajstić information content (AvgIpc) is 2.71. The van der Waals surface area contributed by atoms with Gasteiger partial charge in [0.2, 0.25) is 0 Å². The van der Waals surface area contributed by atoms with Crippen molar-refractivity contribution in [2.45, 2.75) is 38.3 Å². The summed E-state index contributed by atoms with van der Waals surface area (Å²) in [6, 6.07) is 7.14.